The summed E-state index contributed by atoms with van der Waals surface area (Å²) >= 11 is 1.36. The molecule has 0 aromatic carbocycles. The maximum absolute atomic E-state index is 11.9. The molecule has 2 rings (SSSR count). The van der Waals surface area contributed by atoms with Gasteiger partial charge in [0.1, 0.15) is 0 Å². The maximum atomic E-state index is 11.9. The minimum Gasteiger partial charge on any atom is -0.395 e. The van der Waals surface area contributed by atoms with E-state index in [4.69, 9.17) is 5.11 Å². The minimum atomic E-state index is -0.638. The second-order valence-electron chi connectivity index (χ2n) is 5.18. The minimum absolute atomic E-state index is 0.0653. The summed E-state index contributed by atoms with van der Waals surface area (Å²) in [4.78, 5) is 26.1. The van der Waals surface area contributed by atoms with Crippen molar-refractivity contribution in [3.63, 3.8) is 0 Å². The summed E-state index contributed by atoms with van der Waals surface area (Å²) in [7, 11) is 0. The number of hydrogen-bond acceptors (Lipinski definition) is 5. The molecular formula is C13H20N2O4S. The smallest absolute Gasteiger partial charge is 0.329 e. The first-order valence-electron chi connectivity index (χ1n) is 6.77. The highest BCUT2D eigenvalue weighted by Gasteiger charge is 2.35. The van der Waals surface area contributed by atoms with Gasteiger partial charge in [-0.1, -0.05) is 13.8 Å². The molecule has 1 unspecified atom stereocenters. The van der Waals surface area contributed by atoms with Crippen LogP contribution in [0.4, 0.5) is 0 Å². The van der Waals surface area contributed by atoms with Gasteiger partial charge in [-0.15, -0.1) is 11.8 Å². The van der Waals surface area contributed by atoms with Crippen molar-refractivity contribution in [2.75, 3.05) is 6.61 Å². The van der Waals surface area contributed by atoms with E-state index in [0.717, 1.165) is 6.42 Å². The van der Waals surface area contributed by atoms with Crippen molar-refractivity contribution in [1.82, 2.24) is 9.55 Å². The van der Waals surface area contributed by atoms with Gasteiger partial charge in [-0.3, -0.25) is 14.3 Å². The average molecular weight is 300 g/mol. The van der Waals surface area contributed by atoms with Crippen molar-refractivity contribution in [3.05, 3.63) is 32.6 Å². The Morgan fingerprint density at radius 3 is 2.80 bits per heavy atom. The summed E-state index contributed by atoms with van der Waals surface area (Å²) in [6.45, 7) is 3.79. The summed E-state index contributed by atoms with van der Waals surface area (Å²) in [5.74, 6) is 0.0653. The zero-order valence-corrected chi connectivity index (χ0v) is 12.4. The normalized spacial score (nSPS) is 27.7. The lowest BCUT2D eigenvalue weighted by atomic mass is 10.0. The van der Waals surface area contributed by atoms with E-state index >= 15 is 0 Å². The second kappa shape index (κ2) is 6.15. The molecule has 20 heavy (non-hydrogen) atoms. The van der Waals surface area contributed by atoms with E-state index in [1.165, 1.54) is 16.3 Å². The van der Waals surface area contributed by atoms with Gasteiger partial charge >= 0.3 is 5.69 Å². The molecule has 1 aromatic heterocycles. The molecule has 1 aliphatic rings. The van der Waals surface area contributed by atoms with E-state index in [0.29, 0.717) is 12.0 Å². The Bertz CT molecular complexity index is 582. The largest absolute Gasteiger partial charge is 0.395 e. The van der Waals surface area contributed by atoms with Gasteiger partial charge in [0, 0.05) is 18.2 Å². The lowest BCUT2D eigenvalue weighted by Gasteiger charge is -2.16. The van der Waals surface area contributed by atoms with Gasteiger partial charge in [-0.2, -0.15) is 0 Å². The third-order valence-electron chi connectivity index (χ3n) is 3.83. The molecular weight excluding hydrogens is 280 g/mol. The third kappa shape index (κ3) is 2.84. The van der Waals surface area contributed by atoms with Crippen LogP contribution < -0.4 is 11.2 Å². The number of nitrogens with one attached hydrogen (secondary N) is 1. The second-order valence-corrected chi connectivity index (χ2v) is 6.60. The van der Waals surface area contributed by atoms with E-state index in [-0.39, 0.29) is 28.7 Å². The Balaban J connectivity index is 2.38. The van der Waals surface area contributed by atoms with Crippen molar-refractivity contribution in [1.29, 1.82) is 0 Å². The van der Waals surface area contributed by atoms with Crippen molar-refractivity contribution in [2.24, 2.45) is 0 Å². The van der Waals surface area contributed by atoms with E-state index < -0.39 is 11.8 Å². The van der Waals surface area contributed by atoms with Gasteiger partial charge in [-0.05, 0) is 12.3 Å². The van der Waals surface area contributed by atoms with Crippen LogP contribution in [0.1, 0.15) is 43.5 Å². The standard InChI is InChI=1S/C13H20N2O4S/c1-3-7(2)8-5-15(13(19)14-12(8)18)11-4-9(17)10(6-16)20-11/h5,7,9-11,16-17H,3-4,6H2,1-2H3,(H,14,18,19)/t7?,9-,10+,11-/m0/s1. The van der Waals surface area contributed by atoms with Gasteiger partial charge in [-0.25, -0.2) is 4.79 Å². The molecule has 0 spiro atoms. The highest BCUT2D eigenvalue weighted by atomic mass is 32.2. The predicted molar refractivity (Wildman–Crippen MR) is 78.2 cm³/mol. The number of aromatic amines is 1. The summed E-state index contributed by atoms with van der Waals surface area (Å²) in [5.41, 5.74) is -0.233. The zero-order chi connectivity index (χ0) is 14.9. The molecule has 0 aliphatic carbocycles. The summed E-state index contributed by atoms with van der Waals surface area (Å²) < 4.78 is 1.46. The fourth-order valence-corrected chi connectivity index (χ4v) is 3.71. The number of aliphatic hydroxyl groups excluding tert-OH is 2. The Morgan fingerprint density at radius 1 is 1.55 bits per heavy atom. The Morgan fingerprint density at radius 2 is 2.25 bits per heavy atom. The highest BCUT2D eigenvalue weighted by molar-refractivity contribution is 8.00. The first-order valence-corrected chi connectivity index (χ1v) is 7.72. The fourth-order valence-electron chi connectivity index (χ4n) is 2.34. The van der Waals surface area contributed by atoms with Crippen LogP contribution in [0.15, 0.2) is 15.8 Å². The summed E-state index contributed by atoms with van der Waals surface area (Å²) in [6, 6.07) is 0. The molecule has 6 nitrogen and oxygen atoms in total. The number of rotatable bonds is 4. The molecule has 0 amide bonds. The van der Waals surface area contributed by atoms with Crippen LogP contribution in [0.25, 0.3) is 0 Å². The van der Waals surface area contributed by atoms with Crippen LogP contribution in [-0.4, -0.2) is 37.7 Å². The monoisotopic (exact) mass is 300 g/mol. The zero-order valence-electron chi connectivity index (χ0n) is 11.6. The molecule has 0 bridgehead atoms. The molecule has 3 N–H and O–H groups in total. The molecule has 7 heteroatoms. The van der Waals surface area contributed by atoms with Crippen molar-refractivity contribution >= 4 is 11.8 Å². The topological polar surface area (TPSA) is 95.3 Å². The van der Waals surface area contributed by atoms with Crippen molar-refractivity contribution in [3.8, 4) is 0 Å². The van der Waals surface area contributed by atoms with Crippen LogP contribution in [0, 0.1) is 0 Å². The lowest BCUT2D eigenvalue weighted by Crippen LogP contribution is -2.33. The van der Waals surface area contributed by atoms with Gasteiger partial charge in [0.05, 0.1) is 23.3 Å². The van der Waals surface area contributed by atoms with Crippen molar-refractivity contribution < 1.29 is 10.2 Å². The van der Waals surface area contributed by atoms with Crippen molar-refractivity contribution in [2.45, 2.75) is 49.3 Å². The van der Waals surface area contributed by atoms with E-state index in [1.807, 2.05) is 13.8 Å². The predicted octanol–water partition coefficient (Wildman–Crippen LogP) is 0.407. The van der Waals surface area contributed by atoms with Crippen LogP contribution in [0.2, 0.25) is 0 Å². The number of nitrogens with zero attached hydrogens (tertiary/aromatic N) is 1. The Kier molecular flexibility index (Phi) is 4.72. The fraction of sp³-hybridized carbons (Fsp3) is 0.692. The molecule has 1 saturated heterocycles. The number of H-pyrrole nitrogens is 1. The molecule has 2 heterocycles. The molecule has 4 atom stereocenters. The van der Waals surface area contributed by atoms with Crippen LogP contribution >= 0.6 is 11.8 Å². The quantitative estimate of drug-likeness (QED) is 0.748. The number of hydrogen-bond donors (Lipinski definition) is 3. The van der Waals surface area contributed by atoms with Crippen LogP contribution in [0.3, 0.4) is 0 Å². The van der Waals surface area contributed by atoms with Crippen LogP contribution in [0.5, 0.6) is 0 Å². The highest BCUT2D eigenvalue weighted by Crippen LogP contribution is 2.40. The Hall–Kier alpha value is -1.05. The SMILES string of the molecule is CCC(C)c1cn([C@@H]2C[C@H](O)[C@@H](CO)S2)c(=O)[nH]c1=O. The van der Waals surface area contributed by atoms with Gasteiger partial charge in [0.25, 0.3) is 5.56 Å². The molecule has 0 saturated carbocycles. The third-order valence-corrected chi connectivity index (χ3v) is 5.38. The average Bonchev–Trinajstić information content (AvgIpc) is 2.79. The Labute approximate surface area is 120 Å². The molecule has 1 aliphatic heterocycles. The molecule has 1 aromatic rings. The first-order chi connectivity index (χ1) is 9.47. The number of thioether (sulfide) groups is 1. The first kappa shape index (κ1) is 15.3. The van der Waals surface area contributed by atoms with Gasteiger partial charge in [0.2, 0.25) is 0 Å². The molecule has 1 fully saturated rings. The van der Waals surface area contributed by atoms with Gasteiger partial charge < -0.3 is 10.2 Å². The van der Waals surface area contributed by atoms with E-state index in [9.17, 15) is 14.7 Å². The number of aromatic nitrogens is 2. The summed E-state index contributed by atoms with van der Waals surface area (Å²) in [6.07, 6.45) is 2.16. The van der Waals surface area contributed by atoms with E-state index in [1.54, 1.807) is 6.20 Å². The molecule has 112 valence electrons. The number of aliphatic hydroxyl groups is 2. The molecule has 0 radical (unpaired) electrons. The van der Waals surface area contributed by atoms with Gasteiger partial charge in [0.15, 0.2) is 0 Å². The maximum Gasteiger partial charge on any atom is 0.329 e. The van der Waals surface area contributed by atoms with E-state index in [2.05, 4.69) is 4.98 Å². The van der Waals surface area contributed by atoms with Crippen LogP contribution in [-0.2, 0) is 0 Å². The summed E-state index contributed by atoms with van der Waals surface area (Å²) in [5, 5.41) is 18.5. The lowest BCUT2D eigenvalue weighted by molar-refractivity contribution is 0.137.